The van der Waals surface area contributed by atoms with Crippen molar-refractivity contribution in [1.82, 2.24) is 10.6 Å². The molecule has 0 bridgehead atoms. The van der Waals surface area contributed by atoms with Crippen LogP contribution in [-0.4, -0.2) is 58.8 Å². The van der Waals surface area contributed by atoms with Gasteiger partial charge in [-0.25, -0.2) is 0 Å². The second kappa shape index (κ2) is 15.5. The summed E-state index contributed by atoms with van der Waals surface area (Å²) in [6.45, 7) is 5.64. The van der Waals surface area contributed by atoms with E-state index in [1.807, 2.05) is 26.0 Å². The van der Waals surface area contributed by atoms with Crippen molar-refractivity contribution in [3.8, 4) is 28.4 Å². The molecule has 0 saturated heterocycles. The molecular formula is C36H49N3O8. The van der Waals surface area contributed by atoms with Crippen LogP contribution in [-0.2, 0) is 25.5 Å². The van der Waals surface area contributed by atoms with Gasteiger partial charge in [-0.05, 0) is 71.9 Å². The fraction of sp³-hybridized carbons (Fsp3) is 0.556. The summed E-state index contributed by atoms with van der Waals surface area (Å²) in [6, 6.07) is 5.77. The highest BCUT2D eigenvalue weighted by atomic mass is 16.5. The summed E-state index contributed by atoms with van der Waals surface area (Å²) in [6.07, 6.45) is 6.15. The van der Waals surface area contributed by atoms with Gasteiger partial charge >= 0.3 is 5.97 Å². The van der Waals surface area contributed by atoms with E-state index in [4.69, 9.17) is 18.9 Å². The highest BCUT2D eigenvalue weighted by molar-refractivity contribution is 5.86. The molecule has 2 aliphatic rings. The molecule has 2 aliphatic carbocycles. The summed E-state index contributed by atoms with van der Waals surface area (Å²) < 4.78 is 22.1. The molecule has 0 aromatic heterocycles. The lowest BCUT2D eigenvalue weighted by molar-refractivity contribution is -0.144. The summed E-state index contributed by atoms with van der Waals surface area (Å²) >= 11 is 0. The van der Waals surface area contributed by atoms with Crippen molar-refractivity contribution in [2.75, 3.05) is 40.3 Å². The lowest BCUT2D eigenvalue weighted by Crippen LogP contribution is -2.48. The minimum Gasteiger partial charge on any atom is -0.493 e. The molecule has 2 aromatic carbocycles. The predicted molar refractivity (Wildman–Crippen MR) is 180 cm³/mol. The smallest absolute Gasteiger partial charge is 0.306 e. The molecule has 256 valence electrons. The first-order chi connectivity index (χ1) is 22.5. The van der Waals surface area contributed by atoms with Crippen molar-refractivity contribution in [1.29, 1.82) is 0 Å². The maximum absolute atomic E-state index is 13.9. The standard InChI is InChI=1S/C36H49N3O8/c1-21(2)32(35(43)37-20-36(19-30(42)45-5)15-9-8-10-16-36)39-27-14-12-24-25(18-28(27)41)26(38-22(3)40)13-11-23-17-29(44-4)33(46-6)34(47-7)31(23)24/h12,14,17-18,21,26,32H,8-11,13,15-16,19-20H2,1-7H3,(H,37,43)(H,38,40)(H,39,41)/t26-,32-/m0/s1. The van der Waals surface area contributed by atoms with Crippen molar-refractivity contribution < 1.29 is 33.3 Å². The van der Waals surface area contributed by atoms with Crippen LogP contribution in [0.2, 0.25) is 0 Å². The van der Waals surface area contributed by atoms with Gasteiger partial charge in [0.25, 0.3) is 0 Å². The Labute approximate surface area is 277 Å². The summed E-state index contributed by atoms with van der Waals surface area (Å²) in [5.74, 6) is 0.492. The molecule has 1 fully saturated rings. The molecule has 2 atom stereocenters. The van der Waals surface area contributed by atoms with Gasteiger partial charge in [-0.15, -0.1) is 0 Å². The number of amides is 2. The van der Waals surface area contributed by atoms with E-state index in [0.29, 0.717) is 47.8 Å². The first-order valence-electron chi connectivity index (χ1n) is 16.4. The quantitative estimate of drug-likeness (QED) is 0.273. The summed E-state index contributed by atoms with van der Waals surface area (Å²) in [5.41, 5.74) is 2.58. The lowest BCUT2D eigenvalue weighted by Gasteiger charge is -2.37. The van der Waals surface area contributed by atoms with Crippen LogP contribution < -0.4 is 35.6 Å². The number of methoxy groups -OCH3 is 4. The summed E-state index contributed by atoms with van der Waals surface area (Å²) in [7, 11) is 6.04. The summed E-state index contributed by atoms with van der Waals surface area (Å²) in [4.78, 5) is 52.1. The zero-order valence-corrected chi connectivity index (χ0v) is 28.7. The van der Waals surface area contributed by atoms with Crippen LogP contribution >= 0.6 is 0 Å². The van der Waals surface area contributed by atoms with E-state index in [-0.39, 0.29) is 46.7 Å². The Morgan fingerprint density at radius 1 is 0.957 bits per heavy atom. The molecule has 3 N–H and O–H groups in total. The fourth-order valence-corrected chi connectivity index (χ4v) is 7.01. The monoisotopic (exact) mass is 651 g/mol. The number of fused-ring (bicyclic) bond motifs is 3. The molecule has 2 aromatic rings. The number of nitrogens with one attached hydrogen (secondary N) is 3. The largest absolute Gasteiger partial charge is 0.493 e. The first kappa shape index (κ1) is 35.6. The average Bonchev–Trinajstić information content (AvgIpc) is 3.29. The lowest BCUT2D eigenvalue weighted by atomic mass is 9.71. The topological polar surface area (TPSA) is 141 Å². The molecule has 1 saturated carbocycles. The van der Waals surface area contributed by atoms with Crippen LogP contribution in [0.15, 0.2) is 29.1 Å². The van der Waals surface area contributed by atoms with Crippen molar-refractivity contribution in [3.63, 3.8) is 0 Å². The SMILES string of the molecule is COC(=O)CC1(CNC(=O)[C@@H](Nc2ccc3c(cc2=O)[C@@H](NC(C)=O)CCc2cc(OC)c(OC)c(OC)c2-3)C(C)C)CCCCC1. The molecule has 47 heavy (non-hydrogen) atoms. The number of benzene rings is 1. The molecular weight excluding hydrogens is 602 g/mol. The Morgan fingerprint density at radius 3 is 2.26 bits per heavy atom. The number of anilines is 1. The van der Waals surface area contributed by atoms with E-state index in [0.717, 1.165) is 43.2 Å². The predicted octanol–water partition coefficient (Wildman–Crippen LogP) is 4.93. The van der Waals surface area contributed by atoms with Crippen molar-refractivity contribution in [2.45, 2.75) is 84.2 Å². The van der Waals surface area contributed by atoms with Crippen LogP contribution in [0.3, 0.4) is 0 Å². The number of rotatable bonds is 12. The van der Waals surface area contributed by atoms with Gasteiger partial charge in [0, 0.05) is 19.0 Å². The van der Waals surface area contributed by atoms with Gasteiger partial charge in [0.05, 0.1) is 46.6 Å². The van der Waals surface area contributed by atoms with Crippen LogP contribution in [0, 0.1) is 11.3 Å². The minimum atomic E-state index is -0.721. The maximum atomic E-state index is 13.9. The Bertz CT molecular complexity index is 1530. The first-order valence-corrected chi connectivity index (χ1v) is 16.4. The van der Waals surface area contributed by atoms with Crippen LogP contribution in [0.25, 0.3) is 11.1 Å². The zero-order valence-electron chi connectivity index (χ0n) is 28.7. The third-order valence-electron chi connectivity index (χ3n) is 9.47. The number of aryl methyl sites for hydroxylation is 1. The Balaban J connectivity index is 1.74. The molecule has 0 radical (unpaired) electrons. The zero-order chi connectivity index (χ0) is 34.3. The number of hydrogen-bond acceptors (Lipinski definition) is 9. The van der Waals surface area contributed by atoms with Crippen LogP contribution in [0.5, 0.6) is 17.2 Å². The van der Waals surface area contributed by atoms with E-state index in [1.54, 1.807) is 20.3 Å². The van der Waals surface area contributed by atoms with Gasteiger partial charge in [-0.3, -0.25) is 19.2 Å². The van der Waals surface area contributed by atoms with E-state index in [9.17, 15) is 19.2 Å². The van der Waals surface area contributed by atoms with Gasteiger partial charge < -0.3 is 34.9 Å². The van der Waals surface area contributed by atoms with Gasteiger partial charge in [0.1, 0.15) is 6.04 Å². The van der Waals surface area contributed by atoms with Crippen LogP contribution in [0.4, 0.5) is 5.69 Å². The molecule has 4 rings (SSSR count). The molecule has 0 unspecified atom stereocenters. The highest BCUT2D eigenvalue weighted by Gasteiger charge is 2.36. The van der Waals surface area contributed by atoms with Crippen molar-refractivity contribution >= 4 is 23.5 Å². The van der Waals surface area contributed by atoms with E-state index < -0.39 is 12.1 Å². The fourth-order valence-electron chi connectivity index (χ4n) is 7.01. The molecule has 0 heterocycles. The average molecular weight is 652 g/mol. The second-order valence-corrected chi connectivity index (χ2v) is 13.0. The number of esters is 1. The number of hydrogen-bond donors (Lipinski definition) is 3. The van der Waals surface area contributed by atoms with Gasteiger partial charge in [0.2, 0.25) is 23.0 Å². The number of carbonyl (C=O) groups excluding carboxylic acids is 3. The van der Waals surface area contributed by atoms with Gasteiger partial charge in [0.15, 0.2) is 11.5 Å². The second-order valence-electron chi connectivity index (χ2n) is 13.0. The Morgan fingerprint density at radius 2 is 1.66 bits per heavy atom. The van der Waals surface area contributed by atoms with Crippen molar-refractivity contribution in [2.24, 2.45) is 11.3 Å². The Kier molecular flexibility index (Phi) is 11.8. The normalized spacial score (nSPS) is 17.2. The molecule has 11 heteroatoms. The summed E-state index contributed by atoms with van der Waals surface area (Å²) in [5, 5.41) is 9.34. The van der Waals surface area contributed by atoms with Crippen LogP contribution in [0.1, 0.15) is 82.9 Å². The highest BCUT2D eigenvalue weighted by Crippen LogP contribution is 2.50. The molecule has 2 amide bonds. The van der Waals surface area contributed by atoms with Gasteiger partial charge in [-0.2, -0.15) is 0 Å². The third kappa shape index (κ3) is 8.00. The molecule has 0 spiro atoms. The third-order valence-corrected chi connectivity index (χ3v) is 9.47. The molecule has 0 aliphatic heterocycles. The number of ether oxygens (including phenoxy) is 4. The van der Waals surface area contributed by atoms with Gasteiger partial charge in [-0.1, -0.05) is 39.2 Å². The minimum absolute atomic E-state index is 0.162. The Hall–Kier alpha value is -4.28. The number of carbonyl (C=O) groups is 3. The van der Waals surface area contributed by atoms with Crippen molar-refractivity contribution in [3.05, 3.63) is 45.6 Å². The molecule has 11 nitrogen and oxygen atoms in total. The van der Waals surface area contributed by atoms with E-state index in [2.05, 4.69) is 16.0 Å². The van der Waals surface area contributed by atoms with E-state index >= 15 is 0 Å². The maximum Gasteiger partial charge on any atom is 0.306 e. The van der Waals surface area contributed by atoms with E-state index in [1.165, 1.54) is 27.2 Å².